The summed E-state index contributed by atoms with van der Waals surface area (Å²) in [7, 11) is 0. The van der Waals surface area contributed by atoms with Crippen LogP contribution < -0.4 is 14.4 Å². The number of nitro benzene ring substituents is 1. The number of rotatable bonds is 8. The molecule has 0 atom stereocenters. The van der Waals surface area contributed by atoms with Gasteiger partial charge < -0.3 is 14.4 Å². The number of likely N-dealkylation sites (tertiary alicyclic amines) is 1. The summed E-state index contributed by atoms with van der Waals surface area (Å²) in [6, 6.07) is 10.9. The first-order valence-electron chi connectivity index (χ1n) is 11.1. The molecule has 2 fully saturated rings. The molecule has 0 aromatic heterocycles. The van der Waals surface area contributed by atoms with Crippen molar-refractivity contribution >= 4 is 57.6 Å². The number of thioether (sulfide) groups is 1. The highest BCUT2D eigenvalue weighted by atomic mass is 32.2. The van der Waals surface area contributed by atoms with Gasteiger partial charge in [-0.25, -0.2) is 0 Å². The van der Waals surface area contributed by atoms with Gasteiger partial charge in [-0.3, -0.25) is 24.6 Å². The Bertz CT molecular complexity index is 1190. The number of hydrogen-bond donors (Lipinski definition) is 0. The Morgan fingerprint density at radius 1 is 1.14 bits per heavy atom. The highest BCUT2D eigenvalue weighted by Gasteiger charge is 2.33. The zero-order valence-electron chi connectivity index (χ0n) is 19.0. The van der Waals surface area contributed by atoms with Gasteiger partial charge in [0, 0.05) is 25.2 Å². The summed E-state index contributed by atoms with van der Waals surface area (Å²) in [5.74, 6) is 0.559. The number of carbonyl (C=O) groups is 2. The summed E-state index contributed by atoms with van der Waals surface area (Å²) in [5.41, 5.74) is 1.10. The number of thiocarbonyl (C=S) groups is 1. The van der Waals surface area contributed by atoms with E-state index >= 15 is 0 Å². The van der Waals surface area contributed by atoms with E-state index in [1.165, 1.54) is 29.2 Å². The molecule has 182 valence electrons. The van der Waals surface area contributed by atoms with E-state index in [4.69, 9.17) is 21.7 Å². The Balaban J connectivity index is 1.50. The zero-order valence-corrected chi connectivity index (χ0v) is 20.6. The summed E-state index contributed by atoms with van der Waals surface area (Å²) < 4.78 is 11.8. The topological polar surface area (TPSA) is 102 Å². The quantitative estimate of drug-likeness (QED) is 0.222. The van der Waals surface area contributed by atoms with Gasteiger partial charge in [0.1, 0.15) is 0 Å². The van der Waals surface area contributed by atoms with E-state index < -0.39 is 4.92 Å². The Kier molecular flexibility index (Phi) is 7.67. The number of nitrogens with zero attached hydrogens (tertiary/aromatic N) is 3. The number of hydrogen-bond acceptors (Lipinski definition) is 8. The van der Waals surface area contributed by atoms with E-state index in [1.807, 2.05) is 6.92 Å². The van der Waals surface area contributed by atoms with Crippen molar-refractivity contribution in [3.8, 4) is 11.5 Å². The summed E-state index contributed by atoms with van der Waals surface area (Å²) in [5, 5.41) is 10.9. The minimum atomic E-state index is -0.500. The average Bonchev–Trinajstić information content (AvgIpc) is 3.47. The summed E-state index contributed by atoms with van der Waals surface area (Å²) in [4.78, 5) is 39.3. The van der Waals surface area contributed by atoms with E-state index in [9.17, 15) is 19.7 Å². The van der Waals surface area contributed by atoms with E-state index in [-0.39, 0.29) is 24.1 Å². The van der Waals surface area contributed by atoms with Gasteiger partial charge in [-0.15, -0.1) is 0 Å². The lowest BCUT2D eigenvalue weighted by Crippen LogP contribution is -2.32. The maximum absolute atomic E-state index is 13.0. The molecule has 2 amide bonds. The van der Waals surface area contributed by atoms with Gasteiger partial charge in [-0.05, 0) is 55.7 Å². The molecule has 2 saturated heterocycles. The highest BCUT2D eigenvalue weighted by molar-refractivity contribution is 8.27. The van der Waals surface area contributed by atoms with Crippen molar-refractivity contribution in [1.82, 2.24) is 4.90 Å². The monoisotopic (exact) mass is 513 g/mol. The average molecular weight is 514 g/mol. The van der Waals surface area contributed by atoms with Crippen LogP contribution in [0.3, 0.4) is 0 Å². The molecule has 0 aliphatic carbocycles. The van der Waals surface area contributed by atoms with E-state index in [1.54, 1.807) is 29.2 Å². The summed E-state index contributed by atoms with van der Waals surface area (Å²) >= 11 is 6.53. The number of non-ortho nitro benzene ring substituents is 1. The first kappa shape index (κ1) is 24.7. The fraction of sp³-hybridized carbons (Fsp3) is 0.292. The van der Waals surface area contributed by atoms with Gasteiger partial charge in [0.25, 0.3) is 17.5 Å². The molecule has 2 aliphatic heterocycles. The molecule has 9 nitrogen and oxygen atoms in total. The minimum absolute atomic E-state index is 0.0519. The van der Waals surface area contributed by atoms with E-state index in [0.29, 0.717) is 38.6 Å². The maximum atomic E-state index is 13.0. The van der Waals surface area contributed by atoms with Crippen LogP contribution in [0.1, 0.15) is 25.3 Å². The number of nitro groups is 1. The lowest BCUT2D eigenvalue weighted by Gasteiger charge is -2.17. The van der Waals surface area contributed by atoms with Crippen LogP contribution in [-0.4, -0.2) is 52.3 Å². The van der Waals surface area contributed by atoms with Crippen LogP contribution in [0.4, 0.5) is 11.4 Å². The van der Waals surface area contributed by atoms with Gasteiger partial charge >= 0.3 is 0 Å². The van der Waals surface area contributed by atoms with Crippen LogP contribution in [0.25, 0.3) is 6.08 Å². The van der Waals surface area contributed by atoms with Gasteiger partial charge in [0.2, 0.25) is 0 Å². The number of amides is 2. The maximum Gasteiger partial charge on any atom is 0.270 e. The predicted molar refractivity (Wildman–Crippen MR) is 138 cm³/mol. The fourth-order valence-electron chi connectivity index (χ4n) is 3.76. The van der Waals surface area contributed by atoms with Crippen molar-refractivity contribution in [3.05, 3.63) is 63.0 Å². The molecule has 0 N–H and O–H groups in total. The summed E-state index contributed by atoms with van der Waals surface area (Å²) in [6.45, 7) is 3.71. The smallest absolute Gasteiger partial charge is 0.270 e. The molecular weight excluding hydrogens is 490 g/mol. The molecule has 2 aromatic carbocycles. The number of benzene rings is 2. The van der Waals surface area contributed by atoms with Gasteiger partial charge in [-0.2, -0.15) is 0 Å². The fourth-order valence-corrected chi connectivity index (χ4v) is 5.06. The molecule has 2 aliphatic rings. The first-order valence-corrected chi connectivity index (χ1v) is 12.3. The lowest BCUT2D eigenvalue weighted by molar-refractivity contribution is -0.384. The molecule has 0 radical (unpaired) electrons. The van der Waals surface area contributed by atoms with Crippen LogP contribution in [-0.2, 0) is 9.59 Å². The third kappa shape index (κ3) is 5.63. The van der Waals surface area contributed by atoms with E-state index in [0.717, 1.165) is 37.7 Å². The van der Waals surface area contributed by atoms with Crippen molar-refractivity contribution < 1.29 is 24.0 Å². The molecule has 35 heavy (non-hydrogen) atoms. The van der Waals surface area contributed by atoms with Crippen molar-refractivity contribution in [2.45, 2.75) is 19.8 Å². The molecular formula is C24H23N3O6S2. The zero-order chi connectivity index (χ0) is 24.9. The molecule has 0 saturated carbocycles. The van der Waals surface area contributed by atoms with Gasteiger partial charge in [0.05, 0.1) is 22.1 Å². The third-order valence-electron chi connectivity index (χ3n) is 5.49. The molecule has 4 rings (SSSR count). The second kappa shape index (κ2) is 10.9. The van der Waals surface area contributed by atoms with Crippen LogP contribution >= 0.6 is 24.0 Å². The Hall–Kier alpha value is -3.44. The van der Waals surface area contributed by atoms with Gasteiger partial charge in [0.15, 0.2) is 22.4 Å². The van der Waals surface area contributed by atoms with Crippen LogP contribution in [0.2, 0.25) is 0 Å². The molecule has 11 heteroatoms. The molecule has 2 aromatic rings. The van der Waals surface area contributed by atoms with Crippen LogP contribution in [0.5, 0.6) is 11.5 Å². The molecule has 0 unspecified atom stereocenters. The molecule has 2 heterocycles. The van der Waals surface area contributed by atoms with Crippen molar-refractivity contribution in [3.63, 3.8) is 0 Å². The van der Waals surface area contributed by atoms with Crippen molar-refractivity contribution in [1.29, 1.82) is 0 Å². The summed E-state index contributed by atoms with van der Waals surface area (Å²) in [6.07, 6.45) is 3.73. The predicted octanol–water partition coefficient (Wildman–Crippen LogP) is 4.40. The van der Waals surface area contributed by atoms with E-state index in [2.05, 4.69) is 0 Å². The largest absolute Gasteiger partial charge is 0.490 e. The third-order valence-corrected chi connectivity index (χ3v) is 6.79. The second-order valence-corrected chi connectivity index (χ2v) is 9.48. The number of ether oxygens (including phenoxy) is 2. The normalized spacial score (nSPS) is 16.8. The van der Waals surface area contributed by atoms with Crippen LogP contribution in [0.15, 0.2) is 47.4 Å². The minimum Gasteiger partial charge on any atom is -0.490 e. The second-order valence-electron chi connectivity index (χ2n) is 7.81. The highest BCUT2D eigenvalue weighted by Crippen LogP contribution is 2.37. The van der Waals surface area contributed by atoms with Crippen molar-refractivity contribution in [2.75, 3.05) is 31.2 Å². The standard InChI is InChI=1S/C24H23N3O6S2/c1-2-32-20-13-16(5-10-19(20)33-15-22(28)25-11-3-4-12-25)14-21-23(29)26(24(34)35-21)17-6-8-18(9-7-17)27(30)31/h5-10,13-14H,2-4,11-12,15H2,1H3/b21-14+. The Labute approximate surface area is 211 Å². The molecule has 0 bridgehead atoms. The number of carbonyl (C=O) groups excluding carboxylic acids is 2. The SMILES string of the molecule is CCOc1cc(/C=C2/SC(=S)N(c3ccc([N+](=O)[O-])cc3)C2=O)ccc1OCC(=O)N1CCCC1. The number of anilines is 1. The van der Waals surface area contributed by atoms with Crippen LogP contribution in [0, 0.1) is 10.1 Å². The lowest BCUT2D eigenvalue weighted by atomic mass is 10.1. The first-order chi connectivity index (χ1) is 16.9. The molecule has 0 spiro atoms. The Morgan fingerprint density at radius 2 is 1.86 bits per heavy atom. The van der Waals surface area contributed by atoms with Gasteiger partial charge in [-0.1, -0.05) is 30.0 Å². The van der Waals surface area contributed by atoms with Crippen molar-refractivity contribution in [2.24, 2.45) is 0 Å². The Morgan fingerprint density at radius 3 is 2.51 bits per heavy atom.